The first-order valence-electron chi connectivity index (χ1n) is 8.92. The molecular formula is C19H23FN4O. The standard InChI is InChI=1S/C19H23FN4O/c1-14-10-21-24(11-14)17-6-5-15(9-16(17)20)22-18(25)23-12-19(13-23)7-3-2-4-8-19/h5-6,9-11H,2-4,7-8,12-13H2,1H3,(H,22,25). The fourth-order valence-electron chi connectivity index (χ4n) is 4.04. The summed E-state index contributed by atoms with van der Waals surface area (Å²) in [5, 5.41) is 6.93. The van der Waals surface area contributed by atoms with Crippen molar-refractivity contribution in [1.82, 2.24) is 14.7 Å². The van der Waals surface area contributed by atoms with E-state index in [1.54, 1.807) is 24.5 Å². The van der Waals surface area contributed by atoms with E-state index >= 15 is 0 Å². The molecule has 1 saturated heterocycles. The van der Waals surface area contributed by atoms with Crippen LogP contribution in [-0.4, -0.2) is 33.8 Å². The van der Waals surface area contributed by atoms with Crippen LogP contribution >= 0.6 is 0 Å². The summed E-state index contributed by atoms with van der Waals surface area (Å²) in [6.07, 6.45) is 9.76. The van der Waals surface area contributed by atoms with Gasteiger partial charge >= 0.3 is 6.03 Å². The molecule has 25 heavy (non-hydrogen) atoms. The Labute approximate surface area is 146 Å². The highest BCUT2D eigenvalue weighted by molar-refractivity contribution is 5.90. The number of nitrogens with zero attached hydrogens (tertiary/aromatic N) is 3. The zero-order valence-corrected chi connectivity index (χ0v) is 14.5. The number of nitrogens with one attached hydrogen (secondary N) is 1. The summed E-state index contributed by atoms with van der Waals surface area (Å²) in [4.78, 5) is 14.2. The second-order valence-electron chi connectivity index (χ2n) is 7.48. The highest BCUT2D eigenvalue weighted by Gasteiger charge is 2.45. The molecule has 1 aromatic carbocycles. The van der Waals surface area contributed by atoms with Gasteiger partial charge in [0, 0.05) is 30.4 Å². The Balaban J connectivity index is 1.40. The molecule has 6 heteroatoms. The molecule has 2 aliphatic rings. The smallest absolute Gasteiger partial charge is 0.321 e. The van der Waals surface area contributed by atoms with Crippen molar-refractivity contribution in [3.8, 4) is 5.69 Å². The normalized spacial score (nSPS) is 18.9. The summed E-state index contributed by atoms with van der Waals surface area (Å²) in [5.74, 6) is -0.409. The van der Waals surface area contributed by atoms with E-state index in [4.69, 9.17) is 0 Å². The Hall–Kier alpha value is -2.37. The Morgan fingerprint density at radius 3 is 2.64 bits per heavy atom. The number of urea groups is 1. The van der Waals surface area contributed by atoms with Crippen molar-refractivity contribution in [3.63, 3.8) is 0 Å². The molecule has 0 unspecified atom stereocenters. The van der Waals surface area contributed by atoms with Crippen LogP contribution in [0.15, 0.2) is 30.6 Å². The molecule has 1 saturated carbocycles. The van der Waals surface area contributed by atoms with Gasteiger partial charge in [-0.1, -0.05) is 19.3 Å². The van der Waals surface area contributed by atoms with E-state index in [2.05, 4.69) is 10.4 Å². The van der Waals surface area contributed by atoms with Gasteiger partial charge in [-0.25, -0.2) is 13.9 Å². The third-order valence-corrected chi connectivity index (χ3v) is 5.41. The lowest BCUT2D eigenvalue weighted by Crippen LogP contribution is -2.60. The number of hydrogen-bond acceptors (Lipinski definition) is 2. The van der Waals surface area contributed by atoms with E-state index in [1.165, 1.54) is 42.9 Å². The number of carbonyl (C=O) groups is 1. The minimum Gasteiger partial charge on any atom is -0.323 e. The first kappa shape index (κ1) is 16.1. The highest BCUT2D eigenvalue weighted by atomic mass is 19.1. The van der Waals surface area contributed by atoms with E-state index in [9.17, 15) is 9.18 Å². The van der Waals surface area contributed by atoms with Gasteiger partial charge < -0.3 is 10.2 Å². The Morgan fingerprint density at radius 2 is 2.00 bits per heavy atom. The molecule has 0 atom stereocenters. The van der Waals surface area contributed by atoms with E-state index in [0.717, 1.165) is 18.7 Å². The second kappa shape index (κ2) is 6.17. The van der Waals surface area contributed by atoms with Crippen molar-refractivity contribution in [2.24, 2.45) is 5.41 Å². The molecule has 0 radical (unpaired) electrons. The van der Waals surface area contributed by atoms with Gasteiger partial charge in [-0.2, -0.15) is 5.10 Å². The predicted molar refractivity (Wildman–Crippen MR) is 94.4 cm³/mol. The summed E-state index contributed by atoms with van der Waals surface area (Å²) in [5.41, 5.74) is 2.16. The average Bonchev–Trinajstić information content (AvgIpc) is 2.99. The Morgan fingerprint density at radius 1 is 1.24 bits per heavy atom. The highest BCUT2D eigenvalue weighted by Crippen LogP contribution is 2.43. The molecule has 1 N–H and O–H groups in total. The lowest BCUT2D eigenvalue weighted by molar-refractivity contribution is 0.00515. The fraction of sp³-hybridized carbons (Fsp3) is 0.474. The maximum Gasteiger partial charge on any atom is 0.321 e. The van der Waals surface area contributed by atoms with Crippen LogP contribution in [-0.2, 0) is 0 Å². The summed E-state index contributed by atoms with van der Waals surface area (Å²) in [6.45, 7) is 3.56. The lowest BCUT2D eigenvalue weighted by Gasteiger charge is -2.52. The van der Waals surface area contributed by atoms with E-state index < -0.39 is 5.82 Å². The van der Waals surface area contributed by atoms with Crippen LogP contribution in [0.2, 0.25) is 0 Å². The first-order chi connectivity index (χ1) is 12.0. The minimum absolute atomic E-state index is 0.140. The number of carbonyl (C=O) groups excluding carboxylic acids is 1. The van der Waals surface area contributed by atoms with Gasteiger partial charge in [-0.15, -0.1) is 0 Å². The number of anilines is 1. The molecule has 2 aromatic rings. The zero-order chi connectivity index (χ0) is 17.4. The summed E-state index contributed by atoms with van der Waals surface area (Å²) < 4.78 is 15.9. The largest absolute Gasteiger partial charge is 0.323 e. The number of likely N-dealkylation sites (tertiary alicyclic amines) is 1. The van der Waals surface area contributed by atoms with E-state index in [1.807, 2.05) is 11.8 Å². The molecule has 2 amide bonds. The second-order valence-corrected chi connectivity index (χ2v) is 7.48. The average molecular weight is 342 g/mol. The molecule has 1 aromatic heterocycles. The van der Waals surface area contributed by atoms with Gasteiger partial charge in [0.1, 0.15) is 5.69 Å². The van der Waals surface area contributed by atoms with E-state index in [-0.39, 0.29) is 6.03 Å². The number of benzene rings is 1. The topological polar surface area (TPSA) is 50.2 Å². The quantitative estimate of drug-likeness (QED) is 0.892. The monoisotopic (exact) mass is 342 g/mol. The summed E-state index contributed by atoms with van der Waals surface area (Å²) in [6, 6.07) is 4.55. The summed E-state index contributed by atoms with van der Waals surface area (Å²) >= 11 is 0. The van der Waals surface area contributed by atoms with E-state index in [0.29, 0.717) is 16.8 Å². The molecule has 2 fully saturated rings. The Kier molecular flexibility index (Phi) is 3.98. The van der Waals surface area contributed by atoms with Crippen LogP contribution in [0, 0.1) is 18.2 Å². The zero-order valence-electron chi connectivity index (χ0n) is 14.5. The molecule has 4 rings (SSSR count). The molecular weight excluding hydrogens is 319 g/mol. The van der Waals surface area contributed by atoms with Crippen molar-refractivity contribution in [3.05, 3.63) is 42.0 Å². The molecule has 5 nitrogen and oxygen atoms in total. The number of halogens is 1. The third kappa shape index (κ3) is 3.13. The van der Waals surface area contributed by atoms with Crippen molar-refractivity contribution >= 4 is 11.7 Å². The molecule has 1 aliphatic carbocycles. The van der Waals surface area contributed by atoms with Crippen molar-refractivity contribution < 1.29 is 9.18 Å². The maximum absolute atomic E-state index is 14.4. The van der Waals surface area contributed by atoms with Crippen LogP contribution < -0.4 is 5.32 Å². The molecule has 132 valence electrons. The third-order valence-electron chi connectivity index (χ3n) is 5.41. The fourth-order valence-corrected chi connectivity index (χ4v) is 4.04. The molecule has 1 spiro atoms. The summed E-state index contributed by atoms with van der Waals surface area (Å²) in [7, 11) is 0. The Bertz CT molecular complexity index is 786. The van der Waals surface area contributed by atoms with Gasteiger partial charge in [0.05, 0.1) is 6.20 Å². The van der Waals surface area contributed by atoms with Crippen LogP contribution in [0.25, 0.3) is 5.69 Å². The number of aryl methyl sites for hydroxylation is 1. The molecule has 0 bridgehead atoms. The van der Waals surface area contributed by atoms with Gasteiger partial charge in [-0.05, 0) is 43.5 Å². The van der Waals surface area contributed by atoms with Gasteiger partial charge in [-0.3, -0.25) is 0 Å². The van der Waals surface area contributed by atoms with Crippen molar-refractivity contribution in [2.45, 2.75) is 39.0 Å². The van der Waals surface area contributed by atoms with Gasteiger partial charge in [0.15, 0.2) is 5.82 Å². The lowest BCUT2D eigenvalue weighted by atomic mass is 9.69. The SMILES string of the molecule is Cc1cnn(-c2ccc(NC(=O)N3CC4(CCCCC4)C3)cc2F)c1. The number of aromatic nitrogens is 2. The van der Waals surface area contributed by atoms with Crippen molar-refractivity contribution in [1.29, 1.82) is 0 Å². The molecule has 2 heterocycles. The predicted octanol–water partition coefficient (Wildman–Crippen LogP) is 4.12. The van der Waals surface area contributed by atoms with Crippen LogP contribution in [0.1, 0.15) is 37.7 Å². The molecule has 1 aliphatic heterocycles. The first-order valence-corrected chi connectivity index (χ1v) is 8.92. The van der Waals surface area contributed by atoms with Crippen molar-refractivity contribution in [2.75, 3.05) is 18.4 Å². The van der Waals surface area contributed by atoms with Crippen LogP contribution in [0.4, 0.5) is 14.9 Å². The number of rotatable bonds is 2. The van der Waals surface area contributed by atoms with Crippen LogP contribution in [0.3, 0.4) is 0 Å². The van der Waals surface area contributed by atoms with Gasteiger partial charge in [0.25, 0.3) is 0 Å². The minimum atomic E-state index is -0.409. The number of amides is 2. The van der Waals surface area contributed by atoms with Crippen LogP contribution in [0.5, 0.6) is 0 Å². The number of hydrogen-bond donors (Lipinski definition) is 1. The van der Waals surface area contributed by atoms with Gasteiger partial charge in [0.2, 0.25) is 0 Å². The maximum atomic E-state index is 14.4.